The van der Waals surface area contributed by atoms with Crippen molar-refractivity contribution < 1.29 is 13.2 Å². The summed E-state index contributed by atoms with van der Waals surface area (Å²) in [5.74, 6) is 0.667. The van der Waals surface area contributed by atoms with Crippen LogP contribution in [0.5, 0.6) is 5.75 Å². The molecule has 1 N–H and O–H groups in total. The fourth-order valence-corrected chi connectivity index (χ4v) is 4.30. The van der Waals surface area contributed by atoms with Gasteiger partial charge in [-0.15, -0.1) is 0 Å². The summed E-state index contributed by atoms with van der Waals surface area (Å²) in [4.78, 5) is 2.72. The van der Waals surface area contributed by atoms with E-state index in [1.807, 2.05) is 19.1 Å². The predicted molar refractivity (Wildman–Crippen MR) is 107 cm³/mol. The van der Waals surface area contributed by atoms with Crippen LogP contribution >= 0.6 is 0 Å². The van der Waals surface area contributed by atoms with E-state index < -0.39 is 10.0 Å². The van der Waals surface area contributed by atoms with Gasteiger partial charge in [0.1, 0.15) is 5.75 Å². The maximum atomic E-state index is 12.4. The molecule has 1 aliphatic heterocycles. The molecule has 6 heteroatoms. The van der Waals surface area contributed by atoms with Crippen molar-refractivity contribution in [3.8, 4) is 5.75 Å². The number of likely N-dealkylation sites (tertiary alicyclic amines) is 1. The topological polar surface area (TPSA) is 58.6 Å². The largest absolute Gasteiger partial charge is 0.494 e. The fraction of sp³-hybridized carbons (Fsp3) is 0.429. The highest BCUT2D eigenvalue weighted by Crippen LogP contribution is 2.17. The molecule has 0 radical (unpaired) electrons. The van der Waals surface area contributed by atoms with Crippen LogP contribution in [0, 0.1) is 0 Å². The van der Waals surface area contributed by atoms with Gasteiger partial charge in [-0.2, -0.15) is 0 Å². The Balaban J connectivity index is 1.55. The Kier molecular flexibility index (Phi) is 6.88. The Morgan fingerprint density at radius 3 is 2.19 bits per heavy atom. The molecule has 0 spiro atoms. The van der Waals surface area contributed by atoms with Crippen molar-refractivity contribution in [3.05, 3.63) is 59.7 Å². The summed E-state index contributed by atoms with van der Waals surface area (Å²) in [6, 6.07) is 14.7. The molecule has 0 saturated carbocycles. The molecular weight excluding hydrogens is 360 g/mol. The number of rotatable bonds is 8. The molecule has 1 saturated heterocycles. The molecule has 1 aliphatic rings. The molecule has 0 aliphatic carbocycles. The maximum absolute atomic E-state index is 12.4. The summed E-state index contributed by atoms with van der Waals surface area (Å²) in [6.07, 6.45) is 3.90. The van der Waals surface area contributed by atoms with E-state index in [1.165, 1.54) is 37.9 Å². The molecule has 0 bridgehead atoms. The van der Waals surface area contributed by atoms with Gasteiger partial charge in [0.05, 0.1) is 11.5 Å². The average Bonchev–Trinajstić information content (AvgIpc) is 2.69. The summed E-state index contributed by atoms with van der Waals surface area (Å²) in [5.41, 5.74) is 2.22. The van der Waals surface area contributed by atoms with Gasteiger partial charge in [-0.25, -0.2) is 13.1 Å². The normalized spacial score (nSPS) is 15.6. The Morgan fingerprint density at radius 1 is 0.926 bits per heavy atom. The summed E-state index contributed by atoms with van der Waals surface area (Å²) in [6.45, 7) is 6.03. The molecule has 0 aromatic heterocycles. The van der Waals surface area contributed by atoms with Gasteiger partial charge in [0, 0.05) is 13.1 Å². The summed E-state index contributed by atoms with van der Waals surface area (Å²) >= 11 is 0. The second-order valence-corrected chi connectivity index (χ2v) is 8.65. The number of nitrogens with zero attached hydrogens (tertiary/aromatic N) is 1. The number of sulfonamides is 1. The van der Waals surface area contributed by atoms with Crippen LogP contribution in [0.1, 0.15) is 37.3 Å². The highest BCUT2D eigenvalue weighted by Gasteiger charge is 2.14. The highest BCUT2D eigenvalue weighted by atomic mass is 32.2. The molecule has 1 fully saturated rings. The van der Waals surface area contributed by atoms with Gasteiger partial charge in [0.15, 0.2) is 0 Å². The lowest BCUT2D eigenvalue weighted by Gasteiger charge is -2.26. The third-order valence-electron chi connectivity index (χ3n) is 4.79. The Morgan fingerprint density at radius 2 is 1.56 bits per heavy atom. The lowest BCUT2D eigenvalue weighted by Crippen LogP contribution is -2.29. The van der Waals surface area contributed by atoms with E-state index in [4.69, 9.17) is 4.74 Å². The van der Waals surface area contributed by atoms with Crippen molar-refractivity contribution in [3.63, 3.8) is 0 Å². The third kappa shape index (κ3) is 5.79. The Bertz CT molecular complexity index is 812. The number of benzene rings is 2. The van der Waals surface area contributed by atoms with Crippen LogP contribution < -0.4 is 9.46 Å². The van der Waals surface area contributed by atoms with Crippen molar-refractivity contribution in [1.29, 1.82) is 0 Å². The second-order valence-electron chi connectivity index (χ2n) is 6.88. The standard InChI is InChI=1S/C21H28N2O3S/c1-2-26-20-10-12-21(13-11-20)27(24,25)22-16-18-6-8-19(9-7-18)17-23-14-4-3-5-15-23/h6-13,22H,2-5,14-17H2,1H3. The van der Waals surface area contributed by atoms with E-state index in [0.29, 0.717) is 12.4 Å². The van der Waals surface area contributed by atoms with Gasteiger partial charge in [0.25, 0.3) is 0 Å². The minimum absolute atomic E-state index is 0.243. The van der Waals surface area contributed by atoms with Crippen LogP contribution in [0.3, 0.4) is 0 Å². The molecule has 5 nitrogen and oxygen atoms in total. The summed E-state index contributed by atoms with van der Waals surface area (Å²) in [7, 11) is -3.54. The molecule has 0 amide bonds. The first-order valence-electron chi connectivity index (χ1n) is 9.59. The molecule has 0 atom stereocenters. The smallest absolute Gasteiger partial charge is 0.240 e. The number of hydrogen-bond acceptors (Lipinski definition) is 4. The highest BCUT2D eigenvalue weighted by molar-refractivity contribution is 7.89. The van der Waals surface area contributed by atoms with Crippen LogP contribution in [0.4, 0.5) is 0 Å². The van der Waals surface area contributed by atoms with Crippen LogP contribution in [0.2, 0.25) is 0 Å². The first-order chi connectivity index (χ1) is 13.1. The second kappa shape index (κ2) is 9.35. The Labute approximate surface area is 162 Å². The molecular formula is C21H28N2O3S. The van der Waals surface area contributed by atoms with E-state index in [1.54, 1.807) is 24.3 Å². The van der Waals surface area contributed by atoms with Crippen molar-refractivity contribution in [1.82, 2.24) is 9.62 Å². The number of hydrogen-bond donors (Lipinski definition) is 1. The third-order valence-corrected chi connectivity index (χ3v) is 6.21. The van der Waals surface area contributed by atoms with E-state index in [-0.39, 0.29) is 11.4 Å². The Hall–Kier alpha value is -1.89. The van der Waals surface area contributed by atoms with Crippen LogP contribution in [0.15, 0.2) is 53.4 Å². The molecule has 1 heterocycles. The van der Waals surface area contributed by atoms with E-state index in [9.17, 15) is 8.42 Å². The first-order valence-corrected chi connectivity index (χ1v) is 11.1. The molecule has 3 rings (SSSR count). The monoisotopic (exact) mass is 388 g/mol. The summed E-state index contributed by atoms with van der Waals surface area (Å²) in [5, 5.41) is 0. The number of nitrogens with one attached hydrogen (secondary N) is 1. The van der Waals surface area contributed by atoms with Gasteiger partial charge >= 0.3 is 0 Å². The predicted octanol–water partition coefficient (Wildman–Crippen LogP) is 3.55. The molecule has 0 unspecified atom stereocenters. The average molecular weight is 389 g/mol. The SMILES string of the molecule is CCOc1ccc(S(=O)(=O)NCc2ccc(CN3CCCCC3)cc2)cc1. The van der Waals surface area contributed by atoms with Crippen LogP contribution in [0.25, 0.3) is 0 Å². The van der Waals surface area contributed by atoms with Gasteiger partial charge < -0.3 is 4.74 Å². The molecule has 2 aromatic carbocycles. The lowest BCUT2D eigenvalue weighted by molar-refractivity contribution is 0.221. The van der Waals surface area contributed by atoms with Crippen LogP contribution in [-0.2, 0) is 23.1 Å². The molecule has 27 heavy (non-hydrogen) atoms. The zero-order chi connectivity index (χ0) is 19.1. The fourth-order valence-electron chi connectivity index (χ4n) is 3.28. The minimum atomic E-state index is -3.54. The molecule has 2 aromatic rings. The van der Waals surface area contributed by atoms with Crippen molar-refractivity contribution >= 4 is 10.0 Å². The first kappa shape index (κ1) is 19.9. The van der Waals surface area contributed by atoms with E-state index in [2.05, 4.69) is 21.8 Å². The van der Waals surface area contributed by atoms with E-state index >= 15 is 0 Å². The van der Waals surface area contributed by atoms with Crippen molar-refractivity contribution in [2.45, 2.75) is 44.2 Å². The van der Waals surface area contributed by atoms with Crippen molar-refractivity contribution in [2.24, 2.45) is 0 Å². The number of piperidine rings is 1. The van der Waals surface area contributed by atoms with Gasteiger partial charge in [0.2, 0.25) is 10.0 Å². The quantitative estimate of drug-likeness (QED) is 0.751. The maximum Gasteiger partial charge on any atom is 0.240 e. The van der Waals surface area contributed by atoms with Gasteiger partial charge in [-0.05, 0) is 68.2 Å². The van der Waals surface area contributed by atoms with E-state index in [0.717, 1.165) is 12.1 Å². The summed E-state index contributed by atoms with van der Waals surface area (Å²) < 4.78 is 32.9. The minimum Gasteiger partial charge on any atom is -0.494 e. The molecule has 146 valence electrons. The number of ether oxygens (including phenoxy) is 1. The van der Waals surface area contributed by atoms with Gasteiger partial charge in [-0.3, -0.25) is 4.90 Å². The van der Waals surface area contributed by atoms with Crippen LogP contribution in [-0.4, -0.2) is 33.0 Å². The zero-order valence-corrected chi connectivity index (χ0v) is 16.7. The lowest BCUT2D eigenvalue weighted by atomic mass is 10.1. The van der Waals surface area contributed by atoms with Gasteiger partial charge in [-0.1, -0.05) is 30.7 Å². The van der Waals surface area contributed by atoms with Crippen molar-refractivity contribution in [2.75, 3.05) is 19.7 Å². The zero-order valence-electron chi connectivity index (χ0n) is 15.9.